The van der Waals surface area contributed by atoms with Gasteiger partial charge in [-0.2, -0.15) is 0 Å². The summed E-state index contributed by atoms with van der Waals surface area (Å²) in [4.78, 5) is 17.1. The van der Waals surface area contributed by atoms with Crippen LogP contribution in [-0.4, -0.2) is 15.0 Å². The fourth-order valence-electron chi connectivity index (χ4n) is 2.11. The van der Waals surface area contributed by atoms with Crippen LogP contribution in [-0.2, 0) is 25.7 Å². The Morgan fingerprint density at radius 3 is 2.40 bits per heavy atom. The molecule has 0 saturated heterocycles. The highest BCUT2D eigenvalue weighted by atomic mass is 32.1. The number of thiazole rings is 3. The zero-order valence-electron chi connectivity index (χ0n) is 11.2. The molecule has 6 heteroatoms. The van der Waals surface area contributed by atoms with Gasteiger partial charge in [0.05, 0.1) is 27.9 Å². The Bertz CT molecular complexity index is 655. The van der Waals surface area contributed by atoms with E-state index in [2.05, 4.69) is 21.9 Å². The van der Waals surface area contributed by atoms with Crippen molar-refractivity contribution in [2.75, 3.05) is 0 Å². The molecule has 3 rings (SSSR count). The predicted octanol–water partition coefficient (Wildman–Crippen LogP) is 3.93. The maximum atomic E-state index is 4.52. The van der Waals surface area contributed by atoms with Gasteiger partial charge in [0.25, 0.3) is 0 Å². The monoisotopic (exact) mass is 321 g/mol. The average molecular weight is 321 g/mol. The van der Waals surface area contributed by atoms with Gasteiger partial charge in [-0.05, 0) is 32.6 Å². The fraction of sp³-hybridized carbons (Fsp3) is 0.357. The molecule has 20 heavy (non-hydrogen) atoms. The van der Waals surface area contributed by atoms with Gasteiger partial charge < -0.3 is 0 Å². The lowest BCUT2D eigenvalue weighted by Crippen LogP contribution is -1.97. The Labute approximate surface area is 130 Å². The Kier molecular flexibility index (Phi) is 4.54. The van der Waals surface area contributed by atoms with E-state index in [4.69, 9.17) is 0 Å². The topological polar surface area (TPSA) is 38.7 Å². The van der Waals surface area contributed by atoms with Crippen molar-refractivity contribution in [2.45, 2.75) is 32.6 Å². The molecule has 0 aliphatic rings. The van der Waals surface area contributed by atoms with Crippen LogP contribution >= 0.6 is 34.0 Å². The van der Waals surface area contributed by atoms with Crippen molar-refractivity contribution < 1.29 is 0 Å². The molecule has 0 saturated carbocycles. The smallest absolute Gasteiger partial charge is 0.0797 e. The molecule has 104 valence electrons. The number of aryl methyl sites for hydroxylation is 5. The molecule has 0 aliphatic heterocycles. The lowest BCUT2D eigenvalue weighted by molar-refractivity contribution is 0.874. The van der Waals surface area contributed by atoms with E-state index in [0.29, 0.717) is 0 Å². The summed E-state index contributed by atoms with van der Waals surface area (Å²) >= 11 is 5.21. The maximum Gasteiger partial charge on any atom is 0.0797 e. The van der Waals surface area contributed by atoms with Crippen LogP contribution in [0.3, 0.4) is 0 Å². The first-order chi connectivity index (χ1) is 9.83. The van der Waals surface area contributed by atoms with Crippen molar-refractivity contribution in [2.24, 2.45) is 0 Å². The minimum absolute atomic E-state index is 1.01. The SMILES string of the molecule is Cc1scnc1CCc1scnc1CCc1cncs1. The molecule has 0 N–H and O–H groups in total. The Hall–Kier alpha value is -1.11. The van der Waals surface area contributed by atoms with Crippen molar-refractivity contribution in [1.29, 1.82) is 0 Å². The molecule has 3 nitrogen and oxygen atoms in total. The van der Waals surface area contributed by atoms with Crippen molar-refractivity contribution in [3.63, 3.8) is 0 Å². The highest BCUT2D eigenvalue weighted by Gasteiger charge is 2.09. The van der Waals surface area contributed by atoms with E-state index in [1.165, 1.54) is 26.0 Å². The summed E-state index contributed by atoms with van der Waals surface area (Å²) in [7, 11) is 0. The Balaban J connectivity index is 1.60. The second-order valence-corrected chi connectivity index (χ2v) is 7.51. The Morgan fingerprint density at radius 2 is 1.65 bits per heavy atom. The summed E-state index contributed by atoms with van der Waals surface area (Å²) in [5.74, 6) is 0. The number of nitrogens with zero attached hydrogens (tertiary/aromatic N) is 3. The van der Waals surface area contributed by atoms with Crippen LogP contribution in [0.5, 0.6) is 0 Å². The summed E-state index contributed by atoms with van der Waals surface area (Å²) in [6, 6.07) is 0. The second kappa shape index (κ2) is 6.56. The van der Waals surface area contributed by atoms with E-state index in [-0.39, 0.29) is 0 Å². The minimum atomic E-state index is 1.01. The van der Waals surface area contributed by atoms with Crippen LogP contribution in [0, 0.1) is 6.92 Å². The van der Waals surface area contributed by atoms with Crippen LogP contribution in [0.25, 0.3) is 0 Å². The lowest BCUT2D eigenvalue weighted by atomic mass is 10.1. The van der Waals surface area contributed by atoms with E-state index in [0.717, 1.165) is 25.7 Å². The summed E-state index contributed by atoms with van der Waals surface area (Å²) in [5.41, 5.74) is 8.27. The predicted molar refractivity (Wildman–Crippen MR) is 85.9 cm³/mol. The number of hydrogen-bond acceptors (Lipinski definition) is 6. The maximum absolute atomic E-state index is 4.52. The van der Waals surface area contributed by atoms with Crippen molar-refractivity contribution in [3.05, 3.63) is 48.7 Å². The van der Waals surface area contributed by atoms with E-state index < -0.39 is 0 Å². The molecule has 0 spiro atoms. The van der Waals surface area contributed by atoms with Crippen LogP contribution in [0.2, 0.25) is 0 Å². The highest BCUT2D eigenvalue weighted by molar-refractivity contribution is 7.10. The number of hydrogen-bond donors (Lipinski definition) is 0. The molecular formula is C14H15N3S3. The number of aromatic nitrogens is 3. The van der Waals surface area contributed by atoms with Gasteiger partial charge in [-0.25, -0.2) is 9.97 Å². The van der Waals surface area contributed by atoms with Crippen LogP contribution in [0.15, 0.2) is 22.7 Å². The van der Waals surface area contributed by atoms with E-state index in [1.807, 2.05) is 22.7 Å². The van der Waals surface area contributed by atoms with Crippen molar-refractivity contribution in [1.82, 2.24) is 15.0 Å². The van der Waals surface area contributed by atoms with Gasteiger partial charge in [0.15, 0.2) is 0 Å². The van der Waals surface area contributed by atoms with Gasteiger partial charge >= 0.3 is 0 Å². The third-order valence-electron chi connectivity index (χ3n) is 3.25. The first-order valence-corrected chi connectivity index (χ1v) is 9.14. The van der Waals surface area contributed by atoms with Gasteiger partial charge in [-0.1, -0.05) is 0 Å². The summed E-state index contributed by atoms with van der Waals surface area (Å²) in [6.45, 7) is 2.14. The quantitative estimate of drug-likeness (QED) is 0.690. The third-order valence-corrected chi connectivity index (χ3v) is 5.82. The molecule has 0 bridgehead atoms. The highest BCUT2D eigenvalue weighted by Crippen LogP contribution is 2.20. The molecule has 3 aromatic rings. The molecule has 3 heterocycles. The zero-order valence-corrected chi connectivity index (χ0v) is 13.7. The lowest BCUT2D eigenvalue weighted by Gasteiger charge is -2.01. The first-order valence-electron chi connectivity index (χ1n) is 6.50. The molecule has 0 fully saturated rings. The summed E-state index contributed by atoms with van der Waals surface area (Å²) in [6.07, 6.45) is 6.07. The minimum Gasteiger partial charge on any atom is -0.253 e. The third kappa shape index (κ3) is 3.31. The fourth-order valence-corrected chi connectivity index (χ4v) is 4.15. The van der Waals surface area contributed by atoms with Gasteiger partial charge in [-0.15, -0.1) is 34.0 Å². The van der Waals surface area contributed by atoms with E-state index in [1.54, 1.807) is 34.0 Å². The molecule has 3 aromatic heterocycles. The van der Waals surface area contributed by atoms with Gasteiger partial charge in [-0.3, -0.25) is 4.98 Å². The molecule has 0 unspecified atom stereocenters. The normalized spacial score (nSPS) is 11.1. The van der Waals surface area contributed by atoms with Crippen LogP contribution in [0.1, 0.15) is 26.0 Å². The van der Waals surface area contributed by atoms with Gasteiger partial charge in [0.1, 0.15) is 0 Å². The van der Waals surface area contributed by atoms with Crippen molar-refractivity contribution >= 4 is 34.0 Å². The largest absolute Gasteiger partial charge is 0.253 e. The van der Waals surface area contributed by atoms with Crippen LogP contribution < -0.4 is 0 Å². The summed E-state index contributed by atoms with van der Waals surface area (Å²) in [5, 5.41) is 0. The second-order valence-electron chi connectivity index (χ2n) is 4.55. The number of rotatable bonds is 6. The average Bonchev–Trinajstić information content (AvgIpc) is 3.16. The van der Waals surface area contributed by atoms with E-state index >= 15 is 0 Å². The van der Waals surface area contributed by atoms with Crippen molar-refractivity contribution in [3.8, 4) is 0 Å². The van der Waals surface area contributed by atoms with Gasteiger partial charge in [0, 0.05) is 20.8 Å². The standard InChI is InChI=1S/C14H15N3S3/c1-10-12(16-8-18-10)4-5-14-13(17-9-20-14)3-2-11-6-15-7-19-11/h6-9H,2-5H2,1H3. The van der Waals surface area contributed by atoms with Crippen LogP contribution in [0.4, 0.5) is 0 Å². The first kappa shape index (κ1) is 13.9. The Morgan fingerprint density at radius 1 is 0.850 bits per heavy atom. The molecule has 0 radical (unpaired) electrons. The zero-order chi connectivity index (χ0) is 13.8. The molecule has 0 aromatic carbocycles. The molecule has 0 amide bonds. The summed E-state index contributed by atoms with van der Waals surface area (Å²) < 4.78 is 0. The molecular weight excluding hydrogens is 306 g/mol. The molecule has 0 atom stereocenters. The molecule has 0 aliphatic carbocycles. The van der Waals surface area contributed by atoms with E-state index in [9.17, 15) is 0 Å². The van der Waals surface area contributed by atoms with Gasteiger partial charge in [0.2, 0.25) is 0 Å².